The van der Waals surface area contributed by atoms with E-state index in [2.05, 4.69) is 48.0 Å². The van der Waals surface area contributed by atoms with Crippen molar-refractivity contribution in [1.82, 2.24) is 30.9 Å². The molecule has 0 spiro atoms. The van der Waals surface area contributed by atoms with E-state index in [0.717, 1.165) is 51.2 Å². The van der Waals surface area contributed by atoms with Gasteiger partial charge in [0.2, 0.25) is 17.8 Å². The molecule has 0 bridgehead atoms. The van der Waals surface area contributed by atoms with Gasteiger partial charge in [0, 0.05) is 38.3 Å². The van der Waals surface area contributed by atoms with E-state index in [9.17, 15) is 0 Å². The van der Waals surface area contributed by atoms with E-state index in [4.69, 9.17) is 5.73 Å². The molecule has 1 saturated heterocycles. The first-order valence-corrected chi connectivity index (χ1v) is 13.8. The van der Waals surface area contributed by atoms with Gasteiger partial charge in [-0.15, -0.1) is 0 Å². The molecule has 2 heterocycles. The Kier molecular flexibility index (Phi) is 10.0. The minimum Gasteiger partial charge on any atom is -0.368 e. The normalized spacial score (nSPS) is 26.5. The second kappa shape index (κ2) is 13.4. The number of hydrogen-bond acceptors (Lipinski definition) is 9. The highest BCUT2D eigenvalue weighted by Crippen LogP contribution is 2.28. The molecule has 6 N–H and O–H groups in total. The van der Waals surface area contributed by atoms with Crippen LogP contribution in [0.4, 0.5) is 17.8 Å². The van der Waals surface area contributed by atoms with Crippen LogP contribution in [-0.4, -0.2) is 72.8 Å². The number of nitrogen functional groups attached to an aromatic ring is 1. The molecule has 0 radical (unpaired) electrons. The van der Waals surface area contributed by atoms with Gasteiger partial charge in [0.25, 0.3) is 0 Å². The van der Waals surface area contributed by atoms with Gasteiger partial charge in [-0.3, -0.25) is 0 Å². The average Bonchev–Trinajstić information content (AvgIpc) is 2.86. The summed E-state index contributed by atoms with van der Waals surface area (Å²) in [7, 11) is 0. The molecule has 1 aromatic heterocycles. The highest BCUT2D eigenvalue weighted by molar-refractivity contribution is 5.42. The van der Waals surface area contributed by atoms with Crippen molar-refractivity contribution in [2.24, 2.45) is 11.8 Å². The molecule has 34 heavy (non-hydrogen) atoms. The summed E-state index contributed by atoms with van der Waals surface area (Å²) >= 11 is 0. The third-order valence-electron chi connectivity index (χ3n) is 7.81. The smallest absolute Gasteiger partial charge is 0.232 e. The minimum atomic E-state index is 0.294. The van der Waals surface area contributed by atoms with Crippen molar-refractivity contribution in [2.75, 3.05) is 61.8 Å². The molecular formula is C25H47N9. The molecule has 0 amide bonds. The van der Waals surface area contributed by atoms with Crippen molar-refractivity contribution in [2.45, 2.75) is 83.2 Å². The molecule has 1 aromatic rings. The molecule has 3 fully saturated rings. The predicted molar refractivity (Wildman–Crippen MR) is 140 cm³/mol. The Morgan fingerprint density at radius 3 is 2.47 bits per heavy atom. The lowest BCUT2D eigenvalue weighted by Gasteiger charge is -2.32. The van der Waals surface area contributed by atoms with Crippen LogP contribution in [0.1, 0.15) is 71.1 Å². The van der Waals surface area contributed by atoms with E-state index >= 15 is 0 Å². The van der Waals surface area contributed by atoms with Crippen molar-refractivity contribution in [3.8, 4) is 0 Å². The molecule has 0 aromatic carbocycles. The summed E-state index contributed by atoms with van der Waals surface area (Å²) in [6, 6.07) is 1.20. The Labute approximate surface area is 205 Å². The summed E-state index contributed by atoms with van der Waals surface area (Å²) < 4.78 is 0. The number of nitrogens with two attached hydrogens (primary N) is 1. The molecule has 2 saturated carbocycles. The zero-order valence-electron chi connectivity index (χ0n) is 21.2. The number of nitrogens with zero attached hydrogens (tertiary/aromatic N) is 4. The Balaban J connectivity index is 1.09. The predicted octanol–water partition coefficient (Wildman–Crippen LogP) is 2.37. The average molecular weight is 474 g/mol. The van der Waals surface area contributed by atoms with Gasteiger partial charge < -0.3 is 31.9 Å². The Hall–Kier alpha value is -1.71. The van der Waals surface area contributed by atoms with E-state index < -0.39 is 0 Å². The van der Waals surface area contributed by atoms with E-state index in [1.807, 2.05) is 0 Å². The van der Waals surface area contributed by atoms with Gasteiger partial charge in [-0.25, -0.2) is 0 Å². The fourth-order valence-corrected chi connectivity index (χ4v) is 5.72. The lowest BCUT2D eigenvalue weighted by molar-refractivity contribution is 0.275. The van der Waals surface area contributed by atoms with Gasteiger partial charge in [0.05, 0.1) is 0 Å². The Bertz CT molecular complexity index is 716. The fraction of sp³-hybridized carbons (Fsp3) is 0.880. The van der Waals surface area contributed by atoms with Crippen LogP contribution in [-0.2, 0) is 0 Å². The minimum absolute atomic E-state index is 0.294. The molecule has 1 aliphatic heterocycles. The molecule has 9 heteroatoms. The first-order chi connectivity index (χ1) is 16.7. The van der Waals surface area contributed by atoms with Crippen LogP contribution >= 0.6 is 0 Å². The lowest BCUT2D eigenvalue weighted by atomic mass is 9.82. The maximum atomic E-state index is 5.99. The molecule has 1 atom stereocenters. The van der Waals surface area contributed by atoms with Gasteiger partial charge in [-0.05, 0) is 83.3 Å². The maximum Gasteiger partial charge on any atom is 0.232 e. The monoisotopic (exact) mass is 473 g/mol. The molecule has 2 aliphatic carbocycles. The van der Waals surface area contributed by atoms with Crippen molar-refractivity contribution < 1.29 is 0 Å². The van der Waals surface area contributed by atoms with Crippen molar-refractivity contribution in [3.05, 3.63) is 0 Å². The number of rotatable bonds is 11. The summed E-state index contributed by atoms with van der Waals surface area (Å²) in [5, 5.41) is 14.3. The number of anilines is 3. The summed E-state index contributed by atoms with van der Waals surface area (Å²) in [6.45, 7) is 9.26. The quantitative estimate of drug-likeness (QED) is 0.309. The van der Waals surface area contributed by atoms with Gasteiger partial charge in [0.15, 0.2) is 0 Å². The molecule has 3 aliphatic rings. The van der Waals surface area contributed by atoms with Gasteiger partial charge in [0.1, 0.15) is 0 Å². The second-order valence-corrected chi connectivity index (χ2v) is 10.7. The zero-order valence-corrected chi connectivity index (χ0v) is 21.2. The molecular weight excluding hydrogens is 426 g/mol. The molecule has 192 valence electrons. The van der Waals surface area contributed by atoms with E-state index in [1.54, 1.807) is 0 Å². The van der Waals surface area contributed by atoms with Crippen LogP contribution in [0.5, 0.6) is 0 Å². The van der Waals surface area contributed by atoms with E-state index in [1.165, 1.54) is 70.8 Å². The molecule has 1 unspecified atom stereocenters. The van der Waals surface area contributed by atoms with E-state index in [-0.39, 0.29) is 0 Å². The SMILES string of the molecule is CC1CN(c2nc(N)nc(NCC3CCC(CNCCCNC4CCCCC4)CC3)n2)CCN1. The number of nitrogens with one attached hydrogen (secondary N) is 4. The first-order valence-electron chi connectivity index (χ1n) is 13.8. The summed E-state index contributed by atoms with van der Waals surface area (Å²) in [4.78, 5) is 15.5. The summed E-state index contributed by atoms with van der Waals surface area (Å²) in [6.07, 6.45) is 13.4. The van der Waals surface area contributed by atoms with Crippen molar-refractivity contribution in [1.29, 1.82) is 0 Å². The van der Waals surface area contributed by atoms with Crippen LogP contribution in [0.3, 0.4) is 0 Å². The van der Waals surface area contributed by atoms with Crippen LogP contribution in [0.25, 0.3) is 0 Å². The third kappa shape index (κ3) is 8.20. The standard InChI is InChI=1S/C25H47N9/c1-19-18-34(15-14-28-19)25-32-23(26)31-24(33-25)30-17-21-10-8-20(9-11-21)16-27-12-5-13-29-22-6-3-2-4-7-22/h19-22,27-29H,2-18H2,1H3,(H3,26,30,31,32,33). The summed E-state index contributed by atoms with van der Waals surface area (Å²) in [5.74, 6) is 3.09. The zero-order chi connectivity index (χ0) is 23.6. The van der Waals surface area contributed by atoms with E-state index in [0.29, 0.717) is 29.8 Å². The number of aromatic nitrogens is 3. The van der Waals surface area contributed by atoms with Crippen LogP contribution < -0.4 is 31.9 Å². The van der Waals surface area contributed by atoms with Crippen LogP contribution in [0.15, 0.2) is 0 Å². The topological polar surface area (TPSA) is 116 Å². The highest BCUT2D eigenvalue weighted by atomic mass is 15.3. The lowest BCUT2D eigenvalue weighted by Crippen LogP contribution is -2.50. The largest absolute Gasteiger partial charge is 0.368 e. The number of hydrogen-bond donors (Lipinski definition) is 5. The van der Waals surface area contributed by atoms with Crippen LogP contribution in [0.2, 0.25) is 0 Å². The third-order valence-corrected chi connectivity index (χ3v) is 7.81. The Morgan fingerprint density at radius 1 is 0.941 bits per heavy atom. The highest BCUT2D eigenvalue weighted by Gasteiger charge is 2.22. The number of piperazine rings is 1. The maximum absolute atomic E-state index is 5.99. The second-order valence-electron chi connectivity index (χ2n) is 10.7. The molecule has 4 rings (SSSR count). The van der Waals surface area contributed by atoms with Crippen molar-refractivity contribution in [3.63, 3.8) is 0 Å². The van der Waals surface area contributed by atoms with Gasteiger partial charge in [-0.1, -0.05) is 19.3 Å². The van der Waals surface area contributed by atoms with Gasteiger partial charge >= 0.3 is 0 Å². The first kappa shape index (κ1) is 25.4. The van der Waals surface area contributed by atoms with Crippen LogP contribution in [0, 0.1) is 11.8 Å². The Morgan fingerprint density at radius 2 is 1.71 bits per heavy atom. The van der Waals surface area contributed by atoms with Gasteiger partial charge in [-0.2, -0.15) is 15.0 Å². The molecule has 9 nitrogen and oxygen atoms in total. The summed E-state index contributed by atoms with van der Waals surface area (Å²) in [5.41, 5.74) is 5.99. The fourth-order valence-electron chi connectivity index (χ4n) is 5.72. The van der Waals surface area contributed by atoms with Crippen molar-refractivity contribution >= 4 is 17.8 Å².